The molecule has 0 spiro atoms. The van der Waals surface area contributed by atoms with Crippen LogP contribution in [-0.2, 0) is 16.1 Å². The van der Waals surface area contributed by atoms with Gasteiger partial charge < -0.3 is 14.9 Å². The van der Waals surface area contributed by atoms with E-state index in [4.69, 9.17) is 0 Å². The highest BCUT2D eigenvalue weighted by atomic mass is 16.6. The van der Waals surface area contributed by atoms with Crippen molar-refractivity contribution in [3.05, 3.63) is 21.9 Å². The van der Waals surface area contributed by atoms with Crippen LogP contribution in [-0.4, -0.2) is 21.6 Å². The minimum absolute atomic E-state index is 0.0617. The second kappa shape index (κ2) is 3.46. The van der Waals surface area contributed by atoms with Crippen LogP contribution in [0, 0.1) is 10.1 Å². The summed E-state index contributed by atoms with van der Waals surface area (Å²) in [4.78, 5) is 19.2. The van der Waals surface area contributed by atoms with Gasteiger partial charge in [-0.05, 0) is 4.92 Å². The molecule has 0 aliphatic rings. The molecule has 0 atom stereocenters. The van der Waals surface area contributed by atoms with Crippen molar-refractivity contribution in [2.75, 3.05) is 0 Å². The van der Waals surface area contributed by atoms with Gasteiger partial charge in [-0.3, -0.25) is 4.79 Å². The van der Waals surface area contributed by atoms with Gasteiger partial charge in [0.25, 0.3) is 6.47 Å². The summed E-state index contributed by atoms with van der Waals surface area (Å²) in [6.07, 6.45) is 0. The van der Waals surface area contributed by atoms with Crippen LogP contribution in [0.2, 0.25) is 0 Å². The average Bonchev–Trinajstić information content (AvgIpc) is 2.48. The number of rotatable bonds is 4. The van der Waals surface area contributed by atoms with E-state index < -0.39 is 4.92 Å². The van der Waals surface area contributed by atoms with E-state index in [-0.39, 0.29) is 18.9 Å². The summed E-state index contributed by atoms with van der Waals surface area (Å²) >= 11 is 0. The van der Waals surface area contributed by atoms with Crippen LogP contribution in [0.5, 0.6) is 0 Å². The highest BCUT2D eigenvalue weighted by Gasteiger charge is 2.08. The standard InChI is InChI=1S/C5H5N3O4/c9-3-12-2-4-1-5(7-6-4)8(10)11/h1,3H,2H2,(H,6,7). The molecule has 1 rings (SSSR count). The van der Waals surface area contributed by atoms with Crippen molar-refractivity contribution in [3.63, 3.8) is 0 Å². The summed E-state index contributed by atoms with van der Waals surface area (Å²) < 4.78 is 4.33. The van der Waals surface area contributed by atoms with E-state index in [0.29, 0.717) is 5.69 Å². The Morgan fingerprint density at radius 2 is 2.58 bits per heavy atom. The van der Waals surface area contributed by atoms with Gasteiger partial charge in [-0.25, -0.2) is 0 Å². The number of nitrogens with one attached hydrogen (secondary N) is 1. The topological polar surface area (TPSA) is 98.1 Å². The van der Waals surface area contributed by atoms with E-state index in [2.05, 4.69) is 14.9 Å². The SMILES string of the molecule is O=COCc1cc([N+](=O)[O-])[nH]n1. The number of carbonyl (C=O) groups excluding carboxylic acids is 1. The highest BCUT2D eigenvalue weighted by Crippen LogP contribution is 2.07. The van der Waals surface area contributed by atoms with Gasteiger partial charge in [0.1, 0.15) is 12.3 Å². The molecule has 12 heavy (non-hydrogen) atoms. The van der Waals surface area contributed by atoms with Crippen LogP contribution < -0.4 is 0 Å². The van der Waals surface area contributed by atoms with E-state index in [1.807, 2.05) is 0 Å². The number of nitrogens with zero attached hydrogens (tertiary/aromatic N) is 2. The van der Waals surface area contributed by atoms with Crippen molar-refractivity contribution < 1.29 is 14.5 Å². The Kier molecular flexibility index (Phi) is 2.36. The van der Waals surface area contributed by atoms with Crippen molar-refractivity contribution >= 4 is 12.3 Å². The van der Waals surface area contributed by atoms with Gasteiger partial charge in [-0.15, -0.1) is 5.10 Å². The molecular formula is C5H5N3O4. The zero-order valence-electron chi connectivity index (χ0n) is 5.89. The molecule has 1 N–H and O–H groups in total. The van der Waals surface area contributed by atoms with Crippen LogP contribution in [0.4, 0.5) is 5.82 Å². The zero-order chi connectivity index (χ0) is 8.97. The third kappa shape index (κ3) is 1.78. The smallest absolute Gasteiger partial charge is 0.342 e. The van der Waals surface area contributed by atoms with Gasteiger partial charge in [0, 0.05) is 0 Å². The highest BCUT2D eigenvalue weighted by molar-refractivity contribution is 5.37. The first-order valence-corrected chi connectivity index (χ1v) is 2.98. The Labute approximate surface area is 66.5 Å². The Balaban J connectivity index is 2.64. The lowest BCUT2D eigenvalue weighted by atomic mass is 10.4. The predicted octanol–water partition coefficient (Wildman–Crippen LogP) is -0.00910. The van der Waals surface area contributed by atoms with E-state index in [1.54, 1.807) is 0 Å². The van der Waals surface area contributed by atoms with Crippen LogP contribution in [0.1, 0.15) is 5.69 Å². The Morgan fingerprint density at radius 3 is 3.08 bits per heavy atom. The maximum atomic E-state index is 10.1. The molecule has 0 amide bonds. The molecule has 64 valence electrons. The monoisotopic (exact) mass is 171 g/mol. The third-order valence-corrected chi connectivity index (χ3v) is 1.11. The van der Waals surface area contributed by atoms with E-state index in [9.17, 15) is 14.9 Å². The molecule has 7 nitrogen and oxygen atoms in total. The first kappa shape index (κ1) is 8.18. The Hall–Kier alpha value is -1.92. The van der Waals surface area contributed by atoms with Gasteiger partial charge in [0.05, 0.1) is 6.07 Å². The molecular weight excluding hydrogens is 166 g/mol. The van der Waals surface area contributed by atoms with Crippen LogP contribution >= 0.6 is 0 Å². The Morgan fingerprint density at radius 1 is 1.83 bits per heavy atom. The van der Waals surface area contributed by atoms with Crippen LogP contribution in [0.25, 0.3) is 0 Å². The lowest BCUT2D eigenvalue weighted by molar-refractivity contribution is -0.389. The number of hydrogen-bond donors (Lipinski definition) is 1. The number of aromatic amines is 1. The van der Waals surface area contributed by atoms with E-state index in [1.165, 1.54) is 6.07 Å². The van der Waals surface area contributed by atoms with Gasteiger partial charge in [0.2, 0.25) is 0 Å². The number of hydrogen-bond acceptors (Lipinski definition) is 5. The average molecular weight is 171 g/mol. The lowest BCUT2D eigenvalue weighted by Crippen LogP contribution is -1.89. The maximum Gasteiger partial charge on any atom is 0.342 e. The number of nitro groups is 1. The fourth-order valence-electron chi connectivity index (χ4n) is 0.638. The number of aromatic nitrogens is 2. The first-order chi connectivity index (χ1) is 5.74. The zero-order valence-corrected chi connectivity index (χ0v) is 5.89. The maximum absolute atomic E-state index is 10.1. The number of ether oxygens (including phenoxy) is 1. The summed E-state index contributed by atoms with van der Waals surface area (Å²) in [5.41, 5.74) is 0.314. The van der Waals surface area contributed by atoms with Crippen molar-refractivity contribution in [2.45, 2.75) is 6.61 Å². The molecule has 0 aromatic carbocycles. The first-order valence-electron chi connectivity index (χ1n) is 2.98. The second-order valence-corrected chi connectivity index (χ2v) is 1.91. The summed E-state index contributed by atoms with van der Waals surface area (Å²) in [6, 6.07) is 1.20. The van der Waals surface area contributed by atoms with Crippen LogP contribution in [0.15, 0.2) is 6.07 Å². The van der Waals surface area contributed by atoms with E-state index in [0.717, 1.165) is 0 Å². The molecule has 0 fully saturated rings. The van der Waals surface area contributed by atoms with Crippen molar-refractivity contribution in [1.29, 1.82) is 0 Å². The molecule has 1 aromatic heterocycles. The van der Waals surface area contributed by atoms with Crippen molar-refractivity contribution in [1.82, 2.24) is 10.2 Å². The fourth-order valence-corrected chi connectivity index (χ4v) is 0.638. The van der Waals surface area contributed by atoms with Gasteiger partial charge in [0.15, 0.2) is 0 Å². The molecule has 7 heteroatoms. The van der Waals surface area contributed by atoms with Crippen molar-refractivity contribution in [3.8, 4) is 0 Å². The minimum atomic E-state index is -0.614. The molecule has 0 unspecified atom stereocenters. The molecule has 0 aliphatic carbocycles. The summed E-state index contributed by atoms with van der Waals surface area (Å²) in [5, 5.41) is 15.8. The van der Waals surface area contributed by atoms with Crippen LogP contribution in [0.3, 0.4) is 0 Å². The summed E-state index contributed by atoms with van der Waals surface area (Å²) in [7, 11) is 0. The normalized spacial score (nSPS) is 9.33. The van der Waals surface area contributed by atoms with Gasteiger partial charge in [-0.2, -0.15) is 0 Å². The number of H-pyrrole nitrogens is 1. The molecule has 1 heterocycles. The number of carbonyl (C=O) groups is 1. The molecule has 0 aliphatic heterocycles. The third-order valence-electron chi connectivity index (χ3n) is 1.11. The van der Waals surface area contributed by atoms with E-state index >= 15 is 0 Å². The molecule has 0 bridgehead atoms. The molecule has 0 saturated carbocycles. The molecule has 0 saturated heterocycles. The predicted molar refractivity (Wildman–Crippen MR) is 36.1 cm³/mol. The fraction of sp³-hybridized carbons (Fsp3) is 0.200. The molecule has 0 radical (unpaired) electrons. The second-order valence-electron chi connectivity index (χ2n) is 1.91. The van der Waals surface area contributed by atoms with Gasteiger partial charge in [-0.1, -0.05) is 5.10 Å². The summed E-state index contributed by atoms with van der Waals surface area (Å²) in [6.45, 7) is 0.189. The minimum Gasteiger partial charge on any atom is -0.461 e. The summed E-state index contributed by atoms with van der Waals surface area (Å²) in [5.74, 6) is -0.223. The Bertz CT molecular complexity index is 295. The lowest BCUT2D eigenvalue weighted by Gasteiger charge is -1.88. The molecule has 1 aromatic rings. The largest absolute Gasteiger partial charge is 0.461 e. The van der Waals surface area contributed by atoms with Crippen molar-refractivity contribution in [2.24, 2.45) is 0 Å². The quantitative estimate of drug-likeness (QED) is 0.390. The van der Waals surface area contributed by atoms with Gasteiger partial charge >= 0.3 is 5.82 Å².